The van der Waals surface area contributed by atoms with Crippen molar-refractivity contribution in [1.82, 2.24) is 0 Å². The minimum atomic E-state index is -0.406. The van der Waals surface area contributed by atoms with Gasteiger partial charge in [0.25, 0.3) is 0 Å². The number of hydrogen-bond acceptors (Lipinski definition) is 3. The van der Waals surface area contributed by atoms with E-state index < -0.39 is 5.41 Å². The zero-order chi connectivity index (χ0) is 10.8. The first-order chi connectivity index (χ1) is 6.49. The summed E-state index contributed by atoms with van der Waals surface area (Å²) in [7, 11) is 0. The average Bonchev–Trinajstić information content (AvgIpc) is 2.02. The highest BCUT2D eigenvalue weighted by molar-refractivity contribution is 6.31. The number of hydrogen-bond donors (Lipinski definition) is 2. The van der Waals surface area contributed by atoms with Gasteiger partial charge >= 0.3 is 0 Å². The molecular formula is C10H14ClNO2. The van der Waals surface area contributed by atoms with E-state index in [-0.39, 0.29) is 5.75 Å². The summed E-state index contributed by atoms with van der Waals surface area (Å²) in [6.45, 7) is 4.10. The molecule has 1 aromatic rings. The van der Waals surface area contributed by atoms with Crippen molar-refractivity contribution in [1.29, 1.82) is 0 Å². The molecule has 0 amide bonds. The Morgan fingerprint density at radius 3 is 2.64 bits per heavy atom. The van der Waals surface area contributed by atoms with E-state index in [2.05, 4.69) is 4.84 Å². The van der Waals surface area contributed by atoms with Crippen molar-refractivity contribution >= 4 is 11.6 Å². The van der Waals surface area contributed by atoms with E-state index in [0.29, 0.717) is 17.2 Å². The largest absolute Gasteiger partial charge is 0.508 e. The van der Waals surface area contributed by atoms with Crippen molar-refractivity contribution in [2.75, 3.05) is 6.61 Å². The van der Waals surface area contributed by atoms with Crippen LogP contribution in [0.4, 0.5) is 0 Å². The lowest BCUT2D eigenvalue weighted by atomic mass is 9.85. The van der Waals surface area contributed by atoms with Crippen LogP contribution in [0.3, 0.4) is 0 Å². The summed E-state index contributed by atoms with van der Waals surface area (Å²) in [5, 5.41) is 10.2. The van der Waals surface area contributed by atoms with Crippen molar-refractivity contribution in [3.8, 4) is 5.75 Å². The third kappa shape index (κ3) is 2.18. The second-order valence-electron chi connectivity index (χ2n) is 3.83. The fourth-order valence-electron chi connectivity index (χ4n) is 1.46. The standard InChI is InChI=1S/C10H14ClNO2/c1-10(2,6-14-12)9-7(11)4-3-5-8(9)13/h3-5,13H,6,12H2,1-2H3. The highest BCUT2D eigenvalue weighted by Gasteiger charge is 2.26. The second-order valence-corrected chi connectivity index (χ2v) is 4.24. The number of aromatic hydroxyl groups is 1. The summed E-state index contributed by atoms with van der Waals surface area (Å²) < 4.78 is 0. The van der Waals surface area contributed by atoms with Gasteiger partial charge in [0.1, 0.15) is 5.75 Å². The van der Waals surface area contributed by atoms with Crippen LogP contribution in [0.5, 0.6) is 5.75 Å². The van der Waals surface area contributed by atoms with Gasteiger partial charge in [-0.2, -0.15) is 0 Å². The van der Waals surface area contributed by atoms with Crippen LogP contribution < -0.4 is 5.90 Å². The van der Waals surface area contributed by atoms with Crippen molar-refractivity contribution in [2.24, 2.45) is 5.90 Å². The van der Waals surface area contributed by atoms with Crippen LogP contribution in [-0.2, 0) is 10.3 Å². The molecule has 1 aromatic carbocycles. The maximum atomic E-state index is 9.67. The van der Waals surface area contributed by atoms with Crippen LogP contribution in [-0.4, -0.2) is 11.7 Å². The zero-order valence-corrected chi connectivity index (χ0v) is 9.01. The molecule has 0 atom stereocenters. The third-order valence-corrected chi connectivity index (χ3v) is 2.43. The van der Waals surface area contributed by atoms with Crippen LogP contribution in [0.2, 0.25) is 5.02 Å². The first kappa shape index (κ1) is 11.3. The van der Waals surface area contributed by atoms with Crippen LogP contribution in [0.15, 0.2) is 18.2 Å². The molecule has 0 bridgehead atoms. The number of phenolic OH excluding ortho intramolecular Hbond substituents is 1. The van der Waals surface area contributed by atoms with E-state index in [1.807, 2.05) is 13.8 Å². The monoisotopic (exact) mass is 215 g/mol. The van der Waals surface area contributed by atoms with Gasteiger partial charge < -0.3 is 9.94 Å². The van der Waals surface area contributed by atoms with Gasteiger partial charge in [-0.25, -0.2) is 5.90 Å². The maximum absolute atomic E-state index is 9.67. The quantitative estimate of drug-likeness (QED) is 0.761. The Kier molecular flexibility index (Phi) is 3.37. The van der Waals surface area contributed by atoms with Gasteiger partial charge in [-0.15, -0.1) is 0 Å². The van der Waals surface area contributed by atoms with E-state index in [1.54, 1.807) is 18.2 Å². The molecule has 14 heavy (non-hydrogen) atoms. The highest BCUT2D eigenvalue weighted by atomic mass is 35.5. The van der Waals surface area contributed by atoms with Gasteiger partial charge in [0, 0.05) is 16.0 Å². The van der Waals surface area contributed by atoms with E-state index in [0.717, 1.165) is 0 Å². The summed E-state index contributed by atoms with van der Waals surface area (Å²) in [5.74, 6) is 5.19. The van der Waals surface area contributed by atoms with E-state index in [9.17, 15) is 5.11 Å². The zero-order valence-electron chi connectivity index (χ0n) is 8.25. The Hall–Kier alpha value is -0.770. The number of nitrogens with two attached hydrogens (primary N) is 1. The number of rotatable bonds is 3. The molecule has 0 saturated heterocycles. The van der Waals surface area contributed by atoms with Crippen LogP contribution >= 0.6 is 11.6 Å². The average molecular weight is 216 g/mol. The molecule has 0 aromatic heterocycles. The molecule has 0 radical (unpaired) electrons. The molecule has 0 heterocycles. The predicted molar refractivity (Wildman–Crippen MR) is 56.3 cm³/mol. The topological polar surface area (TPSA) is 55.5 Å². The lowest BCUT2D eigenvalue weighted by molar-refractivity contribution is 0.0955. The fourth-order valence-corrected chi connectivity index (χ4v) is 1.89. The van der Waals surface area contributed by atoms with Gasteiger partial charge in [0.05, 0.1) is 6.61 Å². The van der Waals surface area contributed by atoms with E-state index >= 15 is 0 Å². The minimum Gasteiger partial charge on any atom is -0.508 e. The molecule has 0 aliphatic carbocycles. The summed E-state index contributed by atoms with van der Waals surface area (Å²) in [6, 6.07) is 5.02. The van der Waals surface area contributed by atoms with E-state index in [1.165, 1.54) is 0 Å². The summed E-state index contributed by atoms with van der Waals surface area (Å²) in [4.78, 5) is 4.60. The van der Waals surface area contributed by atoms with Crippen molar-refractivity contribution < 1.29 is 9.94 Å². The number of halogens is 1. The van der Waals surface area contributed by atoms with Gasteiger partial charge in [-0.05, 0) is 12.1 Å². The Morgan fingerprint density at radius 2 is 2.14 bits per heavy atom. The van der Waals surface area contributed by atoms with Crippen molar-refractivity contribution in [3.05, 3.63) is 28.8 Å². The van der Waals surface area contributed by atoms with Crippen LogP contribution in [0.25, 0.3) is 0 Å². The van der Waals surface area contributed by atoms with Gasteiger partial charge in [-0.3, -0.25) is 0 Å². The van der Waals surface area contributed by atoms with Crippen molar-refractivity contribution in [3.63, 3.8) is 0 Å². The fraction of sp³-hybridized carbons (Fsp3) is 0.400. The first-order valence-electron chi connectivity index (χ1n) is 4.28. The van der Waals surface area contributed by atoms with Crippen LogP contribution in [0, 0.1) is 0 Å². The lowest BCUT2D eigenvalue weighted by Crippen LogP contribution is -2.26. The SMILES string of the molecule is CC(C)(CON)c1c(O)cccc1Cl. The molecule has 0 fully saturated rings. The lowest BCUT2D eigenvalue weighted by Gasteiger charge is -2.25. The highest BCUT2D eigenvalue weighted by Crippen LogP contribution is 2.36. The summed E-state index contributed by atoms with van der Waals surface area (Å²) >= 11 is 5.99. The number of benzene rings is 1. The molecule has 0 unspecified atom stereocenters. The first-order valence-corrected chi connectivity index (χ1v) is 4.66. The molecular weight excluding hydrogens is 202 g/mol. The molecule has 0 aliphatic heterocycles. The Balaban J connectivity index is 3.17. The molecule has 4 heteroatoms. The summed E-state index contributed by atoms with van der Waals surface area (Å²) in [6.07, 6.45) is 0. The predicted octanol–water partition coefficient (Wildman–Crippen LogP) is 2.21. The van der Waals surface area contributed by atoms with Crippen molar-refractivity contribution in [2.45, 2.75) is 19.3 Å². The number of phenols is 1. The third-order valence-electron chi connectivity index (χ3n) is 2.11. The summed E-state index contributed by atoms with van der Waals surface area (Å²) in [5.41, 5.74) is 0.254. The Morgan fingerprint density at radius 1 is 1.50 bits per heavy atom. The normalized spacial score (nSPS) is 11.7. The van der Waals surface area contributed by atoms with Crippen LogP contribution in [0.1, 0.15) is 19.4 Å². The molecule has 78 valence electrons. The Labute approximate surface area is 88.4 Å². The molecule has 3 nitrogen and oxygen atoms in total. The molecule has 1 rings (SSSR count). The van der Waals surface area contributed by atoms with E-state index in [4.69, 9.17) is 17.5 Å². The smallest absolute Gasteiger partial charge is 0.120 e. The molecule has 3 N–H and O–H groups in total. The van der Waals surface area contributed by atoms with Gasteiger partial charge in [0.15, 0.2) is 0 Å². The Bertz CT molecular complexity index is 306. The minimum absolute atomic E-state index is 0.166. The molecule has 0 saturated carbocycles. The van der Waals surface area contributed by atoms with Gasteiger partial charge in [0.2, 0.25) is 0 Å². The molecule has 0 spiro atoms. The molecule has 0 aliphatic rings. The maximum Gasteiger partial charge on any atom is 0.120 e. The second kappa shape index (κ2) is 4.17. The van der Waals surface area contributed by atoms with Gasteiger partial charge in [-0.1, -0.05) is 31.5 Å².